The number of amides is 1. The first-order chi connectivity index (χ1) is 13.7. The maximum absolute atomic E-state index is 10.7. The molecule has 0 saturated heterocycles. The average molecular weight is 386 g/mol. The van der Waals surface area contributed by atoms with E-state index in [1.54, 1.807) is 0 Å². The van der Waals surface area contributed by atoms with Gasteiger partial charge in [0.1, 0.15) is 0 Å². The van der Waals surface area contributed by atoms with Gasteiger partial charge in [0.05, 0.1) is 0 Å². The van der Waals surface area contributed by atoms with Gasteiger partial charge < -0.3 is 5.73 Å². The summed E-state index contributed by atoms with van der Waals surface area (Å²) in [6.45, 7) is 2.28. The number of benzene rings is 1. The topological polar surface area (TPSA) is 43.1 Å². The van der Waals surface area contributed by atoms with Gasteiger partial charge in [-0.1, -0.05) is 108 Å². The third-order valence-electron chi connectivity index (χ3n) is 5.45. The normalized spacial score (nSPS) is 11.3. The number of aryl methyl sites for hydroxylation is 1. The number of hydrogen-bond donors (Lipinski definition) is 1. The van der Waals surface area contributed by atoms with Crippen LogP contribution < -0.4 is 5.73 Å². The summed E-state index contributed by atoms with van der Waals surface area (Å²) >= 11 is 0. The Hall–Kier alpha value is -1.57. The Balaban J connectivity index is 2.11. The minimum atomic E-state index is -0.166. The largest absolute Gasteiger partial charge is 0.370 e. The summed E-state index contributed by atoms with van der Waals surface area (Å²) in [5.41, 5.74) is 8.07. The molecule has 2 N–H and O–H groups in total. The molecule has 0 unspecified atom stereocenters. The van der Waals surface area contributed by atoms with Gasteiger partial charge in [-0.15, -0.1) is 0 Å². The van der Waals surface area contributed by atoms with Crippen molar-refractivity contribution in [3.8, 4) is 0 Å². The zero-order valence-electron chi connectivity index (χ0n) is 18.3. The van der Waals surface area contributed by atoms with Gasteiger partial charge in [-0.25, -0.2) is 0 Å². The lowest BCUT2D eigenvalue weighted by atomic mass is 9.99. The highest BCUT2D eigenvalue weighted by Gasteiger charge is 1.99. The van der Waals surface area contributed by atoms with Crippen molar-refractivity contribution in [2.75, 3.05) is 0 Å². The lowest BCUT2D eigenvalue weighted by Gasteiger charge is -2.06. The van der Waals surface area contributed by atoms with Crippen LogP contribution in [0.15, 0.2) is 30.3 Å². The van der Waals surface area contributed by atoms with E-state index < -0.39 is 0 Å². The van der Waals surface area contributed by atoms with Gasteiger partial charge in [0, 0.05) is 6.42 Å². The fraction of sp³-hybridized carbons (Fsp3) is 0.654. The first kappa shape index (κ1) is 24.5. The first-order valence-corrected chi connectivity index (χ1v) is 11.8. The van der Waals surface area contributed by atoms with E-state index in [1.807, 2.05) is 0 Å². The molecular formula is C26H43NO. The number of unbranched alkanes of at least 4 members (excludes halogenated alkanes) is 12. The van der Waals surface area contributed by atoms with Gasteiger partial charge in [-0.2, -0.15) is 0 Å². The van der Waals surface area contributed by atoms with E-state index in [4.69, 9.17) is 5.73 Å². The summed E-state index contributed by atoms with van der Waals surface area (Å²) in [5.74, 6) is -0.166. The fourth-order valence-corrected chi connectivity index (χ4v) is 3.68. The van der Waals surface area contributed by atoms with E-state index in [2.05, 4.69) is 43.3 Å². The molecule has 28 heavy (non-hydrogen) atoms. The molecular weight excluding hydrogens is 342 g/mol. The average Bonchev–Trinajstić information content (AvgIpc) is 2.69. The Labute approximate surface area is 174 Å². The molecule has 2 nitrogen and oxygen atoms in total. The minimum absolute atomic E-state index is 0.166. The van der Waals surface area contributed by atoms with Crippen LogP contribution >= 0.6 is 0 Å². The van der Waals surface area contributed by atoms with Crippen LogP contribution in [0.1, 0.15) is 114 Å². The molecule has 0 aliphatic carbocycles. The van der Waals surface area contributed by atoms with E-state index in [-0.39, 0.29) is 5.91 Å². The Morgan fingerprint density at radius 1 is 0.821 bits per heavy atom. The number of carbonyl (C=O) groups excluding carboxylic acids is 1. The maximum Gasteiger partial charge on any atom is 0.217 e. The summed E-state index contributed by atoms with van der Waals surface area (Å²) in [6, 6.07) is 8.88. The molecule has 0 bridgehead atoms. The number of primary amides is 1. The van der Waals surface area contributed by atoms with Crippen molar-refractivity contribution in [1.29, 1.82) is 0 Å². The quantitative estimate of drug-likeness (QED) is 0.260. The van der Waals surface area contributed by atoms with E-state index in [9.17, 15) is 4.79 Å². The molecule has 0 saturated carbocycles. The van der Waals surface area contributed by atoms with Crippen LogP contribution in [-0.4, -0.2) is 5.91 Å². The Morgan fingerprint density at radius 3 is 2.14 bits per heavy atom. The molecule has 0 fully saturated rings. The summed E-state index contributed by atoms with van der Waals surface area (Å²) < 4.78 is 0. The zero-order valence-corrected chi connectivity index (χ0v) is 18.3. The van der Waals surface area contributed by atoms with Crippen LogP contribution in [0.2, 0.25) is 0 Å². The summed E-state index contributed by atoms with van der Waals surface area (Å²) in [4.78, 5) is 10.7. The minimum Gasteiger partial charge on any atom is -0.370 e. The molecule has 0 radical (unpaired) electrons. The number of carbonyl (C=O) groups is 1. The number of hydrogen-bond acceptors (Lipinski definition) is 1. The van der Waals surface area contributed by atoms with Crippen molar-refractivity contribution >= 4 is 12.0 Å². The molecule has 1 rings (SSSR count). The van der Waals surface area contributed by atoms with Crippen LogP contribution in [0.4, 0.5) is 0 Å². The highest BCUT2D eigenvalue weighted by Crippen LogP contribution is 2.16. The monoisotopic (exact) mass is 385 g/mol. The molecule has 2 heteroatoms. The lowest BCUT2D eigenvalue weighted by Crippen LogP contribution is -2.09. The summed E-state index contributed by atoms with van der Waals surface area (Å²) in [7, 11) is 0. The fourth-order valence-electron chi connectivity index (χ4n) is 3.68. The van der Waals surface area contributed by atoms with Gasteiger partial charge in [0.15, 0.2) is 0 Å². The van der Waals surface area contributed by atoms with Crippen LogP contribution in [0, 0.1) is 0 Å². The summed E-state index contributed by atoms with van der Waals surface area (Å²) in [6.07, 6.45) is 24.3. The van der Waals surface area contributed by atoms with Crippen LogP contribution in [0.5, 0.6) is 0 Å². The zero-order chi connectivity index (χ0) is 20.3. The lowest BCUT2D eigenvalue weighted by molar-refractivity contribution is -0.118. The van der Waals surface area contributed by atoms with Crippen LogP contribution in [0.25, 0.3) is 6.08 Å². The Morgan fingerprint density at radius 2 is 1.43 bits per heavy atom. The molecule has 1 aromatic carbocycles. The smallest absolute Gasteiger partial charge is 0.217 e. The standard InChI is InChI=1S/C26H43NO/c1-2-3-4-5-11-14-19-24-21-17-18-22-25(24)20-15-12-9-7-6-8-10-13-16-23-26(27)28/h15,17-18,20-22H,2-14,16,19,23H2,1H3,(H2,27,28). The van der Waals surface area contributed by atoms with Crippen LogP contribution in [0.3, 0.4) is 0 Å². The van der Waals surface area contributed by atoms with Crippen molar-refractivity contribution in [3.05, 3.63) is 41.5 Å². The number of rotatable bonds is 18. The molecule has 1 amide bonds. The summed E-state index contributed by atoms with van der Waals surface area (Å²) in [5, 5.41) is 0. The van der Waals surface area contributed by atoms with Crippen molar-refractivity contribution < 1.29 is 4.79 Å². The predicted molar refractivity (Wildman–Crippen MR) is 123 cm³/mol. The Bertz CT molecular complexity index is 535. The van der Waals surface area contributed by atoms with Gasteiger partial charge in [-0.05, 0) is 43.2 Å². The molecule has 1 aromatic rings. The predicted octanol–water partition coefficient (Wildman–Crippen LogP) is 7.60. The Kier molecular flexibility index (Phi) is 15.3. The molecule has 0 aliphatic heterocycles. The van der Waals surface area contributed by atoms with Crippen molar-refractivity contribution in [3.63, 3.8) is 0 Å². The third-order valence-corrected chi connectivity index (χ3v) is 5.45. The second-order valence-electron chi connectivity index (χ2n) is 8.10. The molecule has 0 aromatic heterocycles. The van der Waals surface area contributed by atoms with E-state index >= 15 is 0 Å². The maximum atomic E-state index is 10.7. The van der Waals surface area contributed by atoms with Gasteiger partial charge in [-0.3, -0.25) is 4.79 Å². The van der Waals surface area contributed by atoms with E-state index in [0.29, 0.717) is 6.42 Å². The van der Waals surface area contributed by atoms with Crippen molar-refractivity contribution in [1.82, 2.24) is 0 Å². The van der Waals surface area contributed by atoms with Crippen molar-refractivity contribution in [2.24, 2.45) is 5.73 Å². The SMILES string of the molecule is CCCCCCCCc1ccccc1C=CCCCCCCCCCC(N)=O. The highest BCUT2D eigenvalue weighted by molar-refractivity contribution is 5.73. The third kappa shape index (κ3) is 13.6. The van der Waals surface area contributed by atoms with E-state index in [0.717, 1.165) is 12.8 Å². The number of allylic oxidation sites excluding steroid dienone is 1. The van der Waals surface area contributed by atoms with E-state index in [1.165, 1.54) is 94.6 Å². The number of nitrogens with two attached hydrogens (primary N) is 1. The van der Waals surface area contributed by atoms with Crippen molar-refractivity contribution in [2.45, 2.75) is 110 Å². The van der Waals surface area contributed by atoms with Gasteiger partial charge >= 0.3 is 0 Å². The first-order valence-electron chi connectivity index (χ1n) is 11.8. The van der Waals surface area contributed by atoms with Crippen LogP contribution in [-0.2, 0) is 11.2 Å². The van der Waals surface area contributed by atoms with Gasteiger partial charge in [0.2, 0.25) is 5.91 Å². The highest BCUT2D eigenvalue weighted by atomic mass is 16.1. The molecule has 0 aliphatic rings. The molecule has 158 valence electrons. The van der Waals surface area contributed by atoms with Gasteiger partial charge in [0.25, 0.3) is 0 Å². The molecule has 0 spiro atoms. The second kappa shape index (κ2) is 17.5. The second-order valence-corrected chi connectivity index (χ2v) is 8.10. The molecule has 0 atom stereocenters. The molecule has 0 heterocycles.